The summed E-state index contributed by atoms with van der Waals surface area (Å²) >= 11 is 0. The number of ether oxygens (including phenoxy) is 3. The second-order valence-electron chi connectivity index (χ2n) is 4.98. The Labute approximate surface area is 139 Å². The zero-order chi connectivity index (χ0) is 17.5. The fraction of sp³-hybridized carbons (Fsp3) is 0.294. The smallest absolute Gasteiger partial charge is 0.338 e. The first-order valence-electron chi connectivity index (χ1n) is 7.26. The second kappa shape index (κ2) is 8.05. The topological polar surface area (TPSA) is 87.0 Å². The molecule has 0 aliphatic heterocycles. The highest BCUT2D eigenvalue weighted by Gasteiger charge is 2.16. The van der Waals surface area contributed by atoms with Crippen molar-refractivity contribution in [2.24, 2.45) is 0 Å². The van der Waals surface area contributed by atoms with E-state index in [4.69, 9.17) is 18.6 Å². The maximum atomic E-state index is 12.1. The largest absolute Gasteiger partial charge is 0.497 e. The minimum Gasteiger partial charge on any atom is -0.497 e. The quantitative estimate of drug-likeness (QED) is 0.783. The van der Waals surface area contributed by atoms with Crippen LogP contribution in [0.25, 0.3) is 0 Å². The molecule has 1 aromatic heterocycles. The van der Waals surface area contributed by atoms with Gasteiger partial charge in [0, 0.05) is 6.07 Å². The number of furan rings is 1. The fourth-order valence-corrected chi connectivity index (χ4v) is 2.03. The molecule has 0 saturated carbocycles. The minimum absolute atomic E-state index is 0.234. The predicted molar refractivity (Wildman–Crippen MR) is 85.1 cm³/mol. The van der Waals surface area contributed by atoms with E-state index in [9.17, 15) is 9.59 Å². The van der Waals surface area contributed by atoms with Gasteiger partial charge in [0.15, 0.2) is 6.61 Å². The molecule has 128 valence electrons. The summed E-state index contributed by atoms with van der Waals surface area (Å²) in [6.07, 6.45) is 1.52. The first-order valence-corrected chi connectivity index (χ1v) is 7.26. The summed E-state index contributed by atoms with van der Waals surface area (Å²) in [5.41, 5.74) is 0.234. The monoisotopic (exact) mass is 333 g/mol. The number of nitrogens with one attached hydrogen (secondary N) is 1. The van der Waals surface area contributed by atoms with Crippen LogP contribution in [0.15, 0.2) is 41.0 Å². The van der Waals surface area contributed by atoms with Crippen molar-refractivity contribution in [3.63, 3.8) is 0 Å². The van der Waals surface area contributed by atoms with Crippen LogP contribution in [0.1, 0.15) is 29.1 Å². The van der Waals surface area contributed by atoms with Gasteiger partial charge in [-0.2, -0.15) is 0 Å². The van der Waals surface area contributed by atoms with Crippen molar-refractivity contribution in [2.75, 3.05) is 20.8 Å². The van der Waals surface area contributed by atoms with Gasteiger partial charge in [-0.15, -0.1) is 0 Å². The van der Waals surface area contributed by atoms with Crippen molar-refractivity contribution >= 4 is 11.9 Å². The van der Waals surface area contributed by atoms with E-state index in [0.29, 0.717) is 17.3 Å². The van der Waals surface area contributed by atoms with Crippen LogP contribution in [0.4, 0.5) is 0 Å². The van der Waals surface area contributed by atoms with Crippen molar-refractivity contribution in [2.45, 2.75) is 13.0 Å². The van der Waals surface area contributed by atoms with E-state index >= 15 is 0 Å². The third-order valence-corrected chi connectivity index (χ3v) is 3.27. The molecule has 1 atom stereocenters. The van der Waals surface area contributed by atoms with Crippen LogP contribution in [-0.2, 0) is 9.53 Å². The van der Waals surface area contributed by atoms with Crippen molar-refractivity contribution in [3.05, 3.63) is 47.9 Å². The van der Waals surface area contributed by atoms with E-state index in [-0.39, 0.29) is 11.6 Å². The first kappa shape index (κ1) is 17.4. The average molecular weight is 333 g/mol. The van der Waals surface area contributed by atoms with E-state index in [2.05, 4.69) is 5.32 Å². The van der Waals surface area contributed by atoms with Crippen molar-refractivity contribution < 1.29 is 28.2 Å². The van der Waals surface area contributed by atoms with Crippen LogP contribution in [0.3, 0.4) is 0 Å². The van der Waals surface area contributed by atoms with E-state index in [1.165, 1.54) is 32.6 Å². The number of carbonyl (C=O) groups excluding carboxylic acids is 2. The van der Waals surface area contributed by atoms with Gasteiger partial charge >= 0.3 is 5.97 Å². The molecule has 1 N–H and O–H groups in total. The Morgan fingerprint density at radius 1 is 1.17 bits per heavy atom. The molecule has 0 saturated heterocycles. The van der Waals surface area contributed by atoms with Crippen LogP contribution in [0, 0.1) is 0 Å². The maximum Gasteiger partial charge on any atom is 0.338 e. The van der Waals surface area contributed by atoms with Crippen molar-refractivity contribution in [3.8, 4) is 11.5 Å². The van der Waals surface area contributed by atoms with Gasteiger partial charge in [-0.3, -0.25) is 4.79 Å². The molecule has 0 fully saturated rings. The molecule has 24 heavy (non-hydrogen) atoms. The molecule has 0 unspecified atom stereocenters. The number of hydrogen-bond donors (Lipinski definition) is 1. The third kappa shape index (κ3) is 4.52. The zero-order valence-electron chi connectivity index (χ0n) is 13.7. The molecule has 0 spiro atoms. The van der Waals surface area contributed by atoms with Crippen LogP contribution in [0.5, 0.6) is 11.5 Å². The summed E-state index contributed by atoms with van der Waals surface area (Å²) < 4.78 is 20.4. The molecule has 7 nitrogen and oxygen atoms in total. The van der Waals surface area contributed by atoms with Gasteiger partial charge < -0.3 is 23.9 Å². The van der Waals surface area contributed by atoms with Gasteiger partial charge in [0.05, 0.1) is 32.1 Å². The molecule has 2 rings (SSSR count). The summed E-state index contributed by atoms with van der Waals surface area (Å²) in [6, 6.07) is 7.81. The molecule has 2 aromatic rings. The zero-order valence-corrected chi connectivity index (χ0v) is 13.7. The molecule has 0 bridgehead atoms. The number of benzene rings is 1. The highest BCUT2D eigenvalue weighted by atomic mass is 16.5. The van der Waals surface area contributed by atoms with Crippen LogP contribution >= 0.6 is 0 Å². The van der Waals surface area contributed by atoms with E-state index in [1.54, 1.807) is 25.1 Å². The molecule has 1 aromatic carbocycles. The Morgan fingerprint density at radius 3 is 2.38 bits per heavy atom. The van der Waals surface area contributed by atoms with Gasteiger partial charge in [-0.1, -0.05) is 0 Å². The molecular weight excluding hydrogens is 314 g/mol. The van der Waals surface area contributed by atoms with Crippen LogP contribution in [0.2, 0.25) is 0 Å². The Morgan fingerprint density at radius 2 is 1.83 bits per heavy atom. The van der Waals surface area contributed by atoms with Crippen molar-refractivity contribution in [1.82, 2.24) is 5.32 Å². The van der Waals surface area contributed by atoms with Gasteiger partial charge in [-0.05, 0) is 31.2 Å². The number of methoxy groups -OCH3 is 2. The predicted octanol–water partition coefficient (Wildman–Crippen LogP) is 2.33. The number of amides is 1. The second-order valence-corrected chi connectivity index (χ2v) is 4.98. The third-order valence-electron chi connectivity index (χ3n) is 3.27. The Hall–Kier alpha value is -2.96. The Kier molecular flexibility index (Phi) is 5.83. The molecular formula is C17H19NO6. The molecule has 0 radical (unpaired) electrons. The lowest BCUT2D eigenvalue weighted by Crippen LogP contribution is -2.31. The van der Waals surface area contributed by atoms with Gasteiger partial charge in [-0.25, -0.2) is 4.79 Å². The van der Waals surface area contributed by atoms with Gasteiger partial charge in [0.2, 0.25) is 0 Å². The maximum absolute atomic E-state index is 12.1. The molecule has 7 heteroatoms. The highest BCUT2D eigenvalue weighted by molar-refractivity contribution is 5.92. The first-order chi connectivity index (χ1) is 11.5. The van der Waals surface area contributed by atoms with Crippen LogP contribution < -0.4 is 14.8 Å². The average Bonchev–Trinajstić information content (AvgIpc) is 3.13. The number of hydrogen-bond acceptors (Lipinski definition) is 6. The number of rotatable bonds is 7. The molecule has 1 heterocycles. The lowest BCUT2D eigenvalue weighted by Gasteiger charge is -2.12. The summed E-state index contributed by atoms with van der Waals surface area (Å²) in [5.74, 6) is 0.455. The molecule has 0 aliphatic rings. The van der Waals surface area contributed by atoms with E-state index in [0.717, 1.165) is 0 Å². The minimum atomic E-state index is -0.645. The Balaban J connectivity index is 1.91. The summed E-state index contributed by atoms with van der Waals surface area (Å²) in [4.78, 5) is 23.9. The summed E-state index contributed by atoms with van der Waals surface area (Å²) in [5, 5.41) is 2.67. The lowest BCUT2D eigenvalue weighted by atomic mass is 10.2. The lowest BCUT2D eigenvalue weighted by molar-refractivity contribution is -0.125. The normalized spacial score (nSPS) is 11.5. The molecule has 0 aliphatic carbocycles. The number of carbonyl (C=O) groups is 2. The summed E-state index contributed by atoms with van der Waals surface area (Å²) in [7, 11) is 2.96. The standard InChI is InChI=1S/C17H19NO6/c1-11(15-5-4-6-23-15)18-16(19)10-24-17(20)12-7-13(21-2)9-14(8-12)22-3/h4-9,11H,10H2,1-3H3,(H,18,19)/t11-/m1/s1. The van der Waals surface area contributed by atoms with Crippen LogP contribution in [-0.4, -0.2) is 32.7 Å². The summed E-state index contributed by atoms with van der Waals surface area (Å²) in [6.45, 7) is 1.37. The Bertz CT molecular complexity index is 673. The van der Waals surface area contributed by atoms with E-state index in [1.807, 2.05) is 0 Å². The number of esters is 1. The van der Waals surface area contributed by atoms with Crippen molar-refractivity contribution in [1.29, 1.82) is 0 Å². The SMILES string of the molecule is COc1cc(OC)cc(C(=O)OCC(=O)N[C@H](C)c2ccco2)c1. The fourth-order valence-electron chi connectivity index (χ4n) is 2.03. The molecule has 1 amide bonds. The van der Waals surface area contributed by atoms with Gasteiger partial charge in [0.25, 0.3) is 5.91 Å². The highest BCUT2D eigenvalue weighted by Crippen LogP contribution is 2.23. The van der Waals surface area contributed by atoms with E-state index < -0.39 is 18.5 Å². The van der Waals surface area contributed by atoms with Gasteiger partial charge in [0.1, 0.15) is 17.3 Å².